The maximum atomic E-state index is 11.5. The number of nitrogens with zero attached hydrogens (tertiary/aromatic N) is 1. The fourth-order valence-electron chi connectivity index (χ4n) is 2.33. The average Bonchev–Trinajstić information content (AvgIpc) is 2.54. The minimum absolute atomic E-state index is 0.0392. The van der Waals surface area contributed by atoms with E-state index in [4.69, 9.17) is 9.47 Å². The van der Waals surface area contributed by atoms with Crippen molar-refractivity contribution in [1.29, 1.82) is 0 Å². The lowest BCUT2D eigenvalue weighted by Gasteiger charge is -2.18. The van der Waals surface area contributed by atoms with E-state index in [9.17, 15) is 10.1 Å². The van der Waals surface area contributed by atoms with Crippen molar-refractivity contribution in [2.45, 2.75) is 46.4 Å². The van der Waals surface area contributed by atoms with Crippen molar-refractivity contribution >= 4 is 11.4 Å². The van der Waals surface area contributed by atoms with Crippen LogP contribution in [0.1, 0.15) is 33.3 Å². The summed E-state index contributed by atoms with van der Waals surface area (Å²) in [5.74, 6) is 0.866. The highest BCUT2D eigenvalue weighted by atomic mass is 16.6. The summed E-state index contributed by atoms with van der Waals surface area (Å²) < 4.78 is 11.5. The average molecular weight is 344 g/mol. The summed E-state index contributed by atoms with van der Waals surface area (Å²) in [7, 11) is 0. The molecule has 0 aliphatic heterocycles. The van der Waals surface area contributed by atoms with Gasteiger partial charge < -0.3 is 14.8 Å². The molecular formula is C19H24N2O4. The van der Waals surface area contributed by atoms with Crippen LogP contribution in [-0.2, 0) is 6.54 Å². The SMILES string of the molecule is CC(C)Oc1cc(NCc2ccccc2)c([N+](=O)[O-])cc1OC(C)C. The van der Waals surface area contributed by atoms with Crippen molar-refractivity contribution in [2.24, 2.45) is 0 Å². The Kier molecular flexibility index (Phi) is 6.22. The maximum Gasteiger partial charge on any atom is 0.296 e. The van der Waals surface area contributed by atoms with E-state index in [1.807, 2.05) is 58.0 Å². The van der Waals surface area contributed by atoms with Crippen LogP contribution in [-0.4, -0.2) is 17.1 Å². The summed E-state index contributed by atoms with van der Waals surface area (Å²) >= 11 is 0. The van der Waals surface area contributed by atoms with E-state index < -0.39 is 4.92 Å². The van der Waals surface area contributed by atoms with Gasteiger partial charge in [0.1, 0.15) is 5.69 Å². The van der Waals surface area contributed by atoms with Crippen molar-refractivity contribution < 1.29 is 14.4 Å². The molecule has 6 nitrogen and oxygen atoms in total. The van der Waals surface area contributed by atoms with Crippen molar-refractivity contribution in [2.75, 3.05) is 5.32 Å². The summed E-state index contributed by atoms with van der Waals surface area (Å²) in [4.78, 5) is 11.1. The normalized spacial score (nSPS) is 10.8. The summed E-state index contributed by atoms with van der Waals surface area (Å²) in [6, 6.07) is 12.8. The first-order chi connectivity index (χ1) is 11.9. The fraction of sp³-hybridized carbons (Fsp3) is 0.368. The first-order valence-corrected chi connectivity index (χ1v) is 8.30. The van der Waals surface area contributed by atoms with Crippen LogP contribution in [0.2, 0.25) is 0 Å². The molecule has 2 aromatic carbocycles. The molecule has 0 amide bonds. The summed E-state index contributed by atoms with van der Waals surface area (Å²) in [5, 5.41) is 14.6. The number of anilines is 1. The molecule has 134 valence electrons. The van der Waals surface area contributed by atoms with E-state index >= 15 is 0 Å². The maximum absolute atomic E-state index is 11.5. The smallest absolute Gasteiger partial charge is 0.296 e. The van der Waals surface area contributed by atoms with Gasteiger partial charge >= 0.3 is 0 Å². The van der Waals surface area contributed by atoms with Crippen LogP contribution < -0.4 is 14.8 Å². The van der Waals surface area contributed by atoms with Gasteiger partial charge in [-0.2, -0.15) is 0 Å². The summed E-state index contributed by atoms with van der Waals surface area (Å²) in [6.07, 6.45) is -0.185. The quantitative estimate of drug-likeness (QED) is 0.551. The Morgan fingerprint density at radius 3 is 2.08 bits per heavy atom. The lowest BCUT2D eigenvalue weighted by molar-refractivity contribution is -0.384. The van der Waals surface area contributed by atoms with Gasteiger partial charge in [0, 0.05) is 12.6 Å². The molecule has 2 aromatic rings. The predicted molar refractivity (Wildman–Crippen MR) is 98.4 cm³/mol. The number of benzene rings is 2. The van der Waals surface area contributed by atoms with Crippen LogP contribution in [0.5, 0.6) is 11.5 Å². The fourth-order valence-corrected chi connectivity index (χ4v) is 2.33. The number of rotatable bonds is 8. The molecular weight excluding hydrogens is 320 g/mol. The van der Waals surface area contributed by atoms with Crippen LogP contribution in [0, 0.1) is 10.1 Å². The monoisotopic (exact) mass is 344 g/mol. The van der Waals surface area contributed by atoms with Gasteiger partial charge in [0.05, 0.1) is 23.2 Å². The Morgan fingerprint density at radius 2 is 1.56 bits per heavy atom. The number of nitrogens with one attached hydrogen (secondary N) is 1. The molecule has 0 aromatic heterocycles. The van der Waals surface area contributed by atoms with E-state index in [1.54, 1.807) is 6.07 Å². The molecule has 0 saturated heterocycles. The van der Waals surface area contributed by atoms with E-state index in [0.29, 0.717) is 23.7 Å². The van der Waals surface area contributed by atoms with Gasteiger partial charge in [-0.05, 0) is 33.3 Å². The Hall–Kier alpha value is -2.76. The first kappa shape index (κ1) is 18.6. The standard InChI is InChI=1S/C19H24N2O4/c1-13(2)24-18-10-16(20-12-15-8-6-5-7-9-15)17(21(22)23)11-19(18)25-14(3)4/h5-11,13-14,20H,12H2,1-4H3. The van der Waals surface area contributed by atoms with Gasteiger partial charge in [-0.25, -0.2) is 0 Å². The molecule has 0 atom stereocenters. The second kappa shape index (κ2) is 8.37. The van der Waals surface area contributed by atoms with Gasteiger partial charge in [0.25, 0.3) is 5.69 Å². The third-order valence-electron chi connectivity index (χ3n) is 3.31. The Morgan fingerprint density at radius 1 is 1.00 bits per heavy atom. The predicted octanol–water partition coefficient (Wildman–Crippen LogP) is 4.78. The van der Waals surface area contributed by atoms with Crippen LogP contribution in [0.3, 0.4) is 0 Å². The third-order valence-corrected chi connectivity index (χ3v) is 3.31. The largest absolute Gasteiger partial charge is 0.487 e. The molecule has 0 bridgehead atoms. The highest BCUT2D eigenvalue weighted by Crippen LogP contribution is 2.39. The number of nitro benzene ring substituents is 1. The lowest BCUT2D eigenvalue weighted by Crippen LogP contribution is -2.12. The first-order valence-electron chi connectivity index (χ1n) is 8.30. The van der Waals surface area contributed by atoms with Crippen LogP contribution in [0.4, 0.5) is 11.4 Å². The van der Waals surface area contributed by atoms with Gasteiger partial charge in [-0.1, -0.05) is 30.3 Å². The third kappa shape index (κ3) is 5.38. The van der Waals surface area contributed by atoms with Crippen molar-refractivity contribution in [3.63, 3.8) is 0 Å². The zero-order valence-electron chi connectivity index (χ0n) is 15.0. The second-order valence-corrected chi connectivity index (χ2v) is 6.25. The van der Waals surface area contributed by atoms with E-state index in [-0.39, 0.29) is 17.9 Å². The van der Waals surface area contributed by atoms with E-state index in [1.165, 1.54) is 6.07 Å². The minimum atomic E-state index is -0.417. The van der Waals surface area contributed by atoms with Crippen molar-refractivity contribution in [3.8, 4) is 11.5 Å². The van der Waals surface area contributed by atoms with Crippen LogP contribution in [0.15, 0.2) is 42.5 Å². The molecule has 0 heterocycles. The number of hydrogen-bond donors (Lipinski definition) is 1. The molecule has 0 aliphatic rings. The molecule has 25 heavy (non-hydrogen) atoms. The van der Waals surface area contributed by atoms with Crippen molar-refractivity contribution in [1.82, 2.24) is 0 Å². The minimum Gasteiger partial charge on any atom is -0.487 e. The number of hydrogen-bond acceptors (Lipinski definition) is 5. The highest BCUT2D eigenvalue weighted by molar-refractivity contribution is 5.68. The molecule has 6 heteroatoms. The van der Waals surface area contributed by atoms with E-state index in [0.717, 1.165) is 5.56 Å². The molecule has 0 aliphatic carbocycles. The number of ether oxygens (including phenoxy) is 2. The van der Waals surface area contributed by atoms with Gasteiger partial charge in [0.2, 0.25) is 0 Å². The molecule has 0 saturated carbocycles. The molecule has 0 spiro atoms. The lowest BCUT2D eigenvalue weighted by atomic mass is 10.2. The van der Waals surface area contributed by atoms with Gasteiger partial charge in [-0.3, -0.25) is 10.1 Å². The topological polar surface area (TPSA) is 73.6 Å². The summed E-state index contributed by atoms with van der Waals surface area (Å²) in [6.45, 7) is 8.02. The molecule has 0 unspecified atom stereocenters. The number of nitro groups is 1. The highest BCUT2D eigenvalue weighted by Gasteiger charge is 2.21. The molecule has 0 radical (unpaired) electrons. The second-order valence-electron chi connectivity index (χ2n) is 6.25. The zero-order valence-corrected chi connectivity index (χ0v) is 15.0. The summed E-state index contributed by atoms with van der Waals surface area (Å²) in [5.41, 5.74) is 1.40. The van der Waals surface area contributed by atoms with Gasteiger partial charge in [0.15, 0.2) is 11.5 Å². The van der Waals surface area contributed by atoms with Crippen LogP contribution in [0.25, 0.3) is 0 Å². The molecule has 0 fully saturated rings. The zero-order chi connectivity index (χ0) is 18.4. The molecule has 1 N–H and O–H groups in total. The van der Waals surface area contributed by atoms with E-state index in [2.05, 4.69) is 5.32 Å². The van der Waals surface area contributed by atoms with Crippen molar-refractivity contribution in [3.05, 3.63) is 58.1 Å². The Bertz CT molecular complexity index is 715. The molecule has 2 rings (SSSR count). The Balaban J connectivity index is 2.36. The Labute approximate surface area is 147 Å². The van der Waals surface area contributed by atoms with Gasteiger partial charge in [-0.15, -0.1) is 0 Å². The van der Waals surface area contributed by atoms with Crippen LogP contribution >= 0.6 is 0 Å².